The van der Waals surface area contributed by atoms with E-state index in [1.54, 1.807) is 13.8 Å². The standard InChI is InChI=1S/C7H13NO3/c1-4(2)6(7(10)11)8-5(3)9/h4,6H,1-3H3,(H,8,9)(H,10,11)/t6-/m0/s1/i8+1. The van der Waals surface area contributed by atoms with Crippen molar-refractivity contribution >= 4 is 11.9 Å². The molecule has 4 heteroatoms. The van der Waals surface area contributed by atoms with E-state index in [4.69, 9.17) is 5.11 Å². The van der Waals surface area contributed by atoms with E-state index in [1.807, 2.05) is 0 Å². The molecule has 11 heavy (non-hydrogen) atoms. The zero-order chi connectivity index (χ0) is 9.02. The number of carboxylic acids is 1. The molecule has 4 nitrogen and oxygen atoms in total. The topological polar surface area (TPSA) is 66.4 Å². The highest BCUT2D eigenvalue weighted by atomic mass is 16.4. The zero-order valence-electron chi connectivity index (χ0n) is 6.92. The van der Waals surface area contributed by atoms with Crippen molar-refractivity contribution in [2.75, 3.05) is 0 Å². The highest BCUT2D eigenvalue weighted by Crippen LogP contribution is 2.00. The molecule has 0 aliphatic heterocycles. The van der Waals surface area contributed by atoms with Gasteiger partial charge >= 0.3 is 5.97 Å². The normalized spacial score (nSPS) is 12.7. The van der Waals surface area contributed by atoms with Crippen LogP contribution in [-0.4, -0.2) is 23.0 Å². The molecule has 0 aliphatic rings. The van der Waals surface area contributed by atoms with Crippen LogP contribution in [0, 0.1) is 5.92 Å². The van der Waals surface area contributed by atoms with Crippen molar-refractivity contribution in [1.82, 2.24) is 5.32 Å². The lowest BCUT2D eigenvalue weighted by molar-refractivity contribution is -0.142. The van der Waals surface area contributed by atoms with Gasteiger partial charge in [-0.3, -0.25) is 4.79 Å². The first-order valence-corrected chi connectivity index (χ1v) is 3.45. The third kappa shape index (κ3) is 3.60. The summed E-state index contributed by atoms with van der Waals surface area (Å²) in [6, 6.07) is -0.771. The summed E-state index contributed by atoms with van der Waals surface area (Å²) in [5, 5.41) is 10.9. The van der Waals surface area contributed by atoms with Gasteiger partial charge in [0.05, 0.1) is 0 Å². The minimum Gasteiger partial charge on any atom is -0.480 e. The number of hydrogen-bond acceptors (Lipinski definition) is 2. The Morgan fingerprint density at radius 1 is 1.36 bits per heavy atom. The van der Waals surface area contributed by atoms with Crippen molar-refractivity contribution in [2.45, 2.75) is 26.8 Å². The lowest BCUT2D eigenvalue weighted by Crippen LogP contribution is -2.43. The second-order valence-corrected chi connectivity index (χ2v) is 2.76. The Labute approximate surface area is 65.6 Å². The maximum atomic E-state index is 10.5. The third-order valence-corrected chi connectivity index (χ3v) is 1.29. The van der Waals surface area contributed by atoms with Crippen LogP contribution in [-0.2, 0) is 9.59 Å². The van der Waals surface area contributed by atoms with Crippen molar-refractivity contribution in [3.05, 3.63) is 0 Å². The summed E-state index contributed by atoms with van der Waals surface area (Å²) in [4.78, 5) is 21.0. The Bertz CT molecular complexity index is 165. The molecule has 0 aromatic carbocycles. The first kappa shape index (κ1) is 9.94. The molecule has 0 aliphatic carbocycles. The molecule has 2 N–H and O–H groups in total. The molecule has 0 saturated carbocycles. The summed E-state index contributed by atoms with van der Waals surface area (Å²) in [6.45, 7) is 4.79. The molecule has 1 amide bonds. The van der Waals surface area contributed by atoms with Crippen molar-refractivity contribution in [3.63, 3.8) is 0 Å². The maximum absolute atomic E-state index is 10.5. The van der Waals surface area contributed by atoms with Crippen LogP contribution in [0.15, 0.2) is 0 Å². The number of carbonyl (C=O) groups is 2. The van der Waals surface area contributed by atoms with Gasteiger partial charge in [0.15, 0.2) is 0 Å². The molecule has 0 aromatic rings. The maximum Gasteiger partial charge on any atom is 0.326 e. The van der Waals surface area contributed by atoms with E-state index in [0.29, 0.717) is 0 Å². The second-order valence-electron chi connectivity index (χ2n) is 2.76. The zero-order valence-corrected chi connectivity index (χ0v) is 6.92. The predicted molar refractivity (Wildman–Crippen MR) is 40.1 cm³/mol. The lowest BCUT2D eigenvalue weighted by Gasteiger charge is -2.16. The molecule has 0 rings (SSSR count). The highest BCUT2D eigenvalue weighted by molar-refractivity contribution is 5.82. The number of amides is 1. The van der Waals surface area contributed by atoms with Gasteiger partial charge in [-0.25, -0.2) is 4.79 Å². The van der Waals surface area contributed by atoms with Crippen LogP contribution in [0.1, 0.15) is 20.8 Å². The van der Waals surface area contributed by atoms with Crippen LogP contribution in [0.3, 0.4) is 0 Å². The van der Waals surface area contributed by atoms with Gasteiger partial charge in [-0.1, -0.05) is 13.8 Å². The minimum absolute atomic E-state index is 0.0867. The Hall–Kier alpha value is -1.06. The van der Waals surface area contributed by atoms with Crippen molar-refractivity contribution in [1.29, 1.82) is 0 Å². The molecular formula is C7H13NO3. The monoisotopic (exact) mass is 160 g/mol. The fourth-order valence-electron chi connectivity index (χ4n) is 0.733. The van der Waals surface area contributed by atoms with E-state index >= 15 is 0 Å². The molecular weight excluding hydrogens is 147 g/mol. The van der Waals surface area contributed by atoms with Crippen molar-refractivity contribution in [3.8, 4) is 0 Å². The molecule has 0 aromatic heterocycles. The summed E-state index contributed by atoms with van der Waals surface area (Å²) in [7, 11) is 0. The fourth-order valence-corrected chi connectivity index (χ4v) is 0.733. The summed E-state index contributed by atoms with van der Waals surface area (Å²) in [5.74, 6) is -1.39. The minimum atomic E-state index is -0.991. The van der Waals surface area contributed by atoms with Gasteiger partial charge in [0.25, 0.3) is 0 Å². The Balaban J connectivity index is 4.12. The average Bonchev–Trinajstić information content (AvgIpc) is 1.81. The molecule has 0 saturated heterocycles. The molecule has 0 heterocycles. The largest absolute Gasteiger partial charge is 0.480 e. The van der Waals surface area contributed by atoms with E-state index in [-0.39, 0.29) is 11.8 Å². The highest BCUT2D eigenvalue weighted by Gasteiger charge is 2.21. The summed E-state index contributed by atoms with van der Waals surface area (Å²) >= 11 is 0. The summed E-state index contributed by atoms with van der Waals surface area (Å²) in [6.07, 6.45) is 0. The first-order valence-electron chi connectivity index (χ1n) is 3.45. The van der Waals surface area contributed by atoms with E-state index < -0.39 is 12.0 Å². The van der Waals surface area contributed by atoms with Gasteiger partial charge in [0.2, 0.25) is 5.91 Å². The van der Waals surface area contributed by atoms with Crippen molar-refractivity contribution < 1.29 is 14.7 Å². The van der Waals surface area contributed by atoms with Crippen LogP contribution in [0.4, 0.5) is 0 Å². The van der Waals surface area contributed by atoms with E-state index in [9.17, 15) is 9.59 Å². The Morgan fingerprint density at radius 2 is 1.82 bits per heavy atom. The van der Waals surface area contributed by atoms with Crippen molar-refractivity contribution in [2.24, 2.45) is 5.92 Å². The Kier molecular flexibility index (Phi) is 3.57. The van der Waals surface area contributed by atoms with Gasteiger partial charge in [-0.15, -0.1) is 0 Å². The lowest BCUT2D eigenvalue weighted by atomic mass is 10.1. The molecule has 0 bridgehead atoms. The number of carbonyl (C=O) groups excluding carboxylic acids is 1. The third-order valence-electron chi connectivity index (χ3n) is 1.29. The fraction of sp³-hybridized carbons (Fsp3) is 0.714. The van der Waals surface area contributed by atoms with E-state index in [0.717, 1.165) is 0 Å². The first-order chi connectivity index (χ1) is 4.95. The van der Waals surface area contributed by atoms with Gasteiger partial charge in [0, 0.05) is 6.92 Å². The SMILES string of the molecule is CC(=O)[15NH][C@H](C(=O)O)C(C)C. The van der Waals surface area contributed by atoms with Gasteiger partial charge < -0.3 is 10.4 Å². The molecule has 64 valence electrons. The number of nitrogens with one attached hydrogen (secondary N) is 1. The quantitative estimate of drug-likeness (QED) is 0.581. The molecule has 0 unspecified atom stereocenters. The smallest absolute Gasteiger partial charge is 0.326 e. The predicted octanol–water partition coefficient (Wildman–Crippen LogP) is 0.232. The van der Waals surface area contributed by atoms with Gasteiger partial charge in [0.1, 0.15) is 6.04 Å². The number of hydrogen-bond donors (Lipinski definition) is 2. The molecule has 0 fully saturated rings. The van der Waals surface area contributed by atoms with E-state index in [2.05, 4.69) is 5.32 Å². The number of aliphatic carboxylic acids is 1. The van der Waals surface area contributed by atoms with Gasteiger partial charge in [-0.2, -0.15) is 0 Å². The second kappa shape index (κ2) is 3.95. The number of rotatable bonds is 3. The molecule has 0 spiro atoms. The van der Waals surface area contributed by atoms with Gasteiger partial charge in [-0.05, 0) is 5.92 Å². The van der Waals surface area contributed by atoms with Crippen LogP contribution >= 0.6 is 0 Å². The average molecular weight is 160 g/mol. The van der Waals surface area contributed by atoms with Crippen LogP contribution < -0.4 is 5.32 Å². The molecule has 1 atom stereocenters. The number of carboxylic acid groups (broad SMARTS) is 1. The van der Waals surface area contributed by atoms with E-state index in [1.165, 1.54) is 6.92 Å². The van der Waals surface area contributed by atoms with Crippen LogP contribution in [0.2, 0.25) is 0 Å². The van der Waals surface area contributed by atoms with Crippen LogP contribution in [0.25, 0.3) is 0 Å². The van der Waals surface area contributed by atoms with Crippen LogP contribution in [0.5, 0.6) is 0 Å². The summed E-state index contributed by atoms with van der Waals surface area (Å²) in [5.41, 5.74) is 0. The summed E-state index contributed by atoms with van der Waals surface area (Å²) < 4.78 is 0. The molecule has 0 radical (unpaired) electrons. The Morgan fingerprint density at radius 3 is 1.91 bits per heavy atom.